The molecule has 0 amide bonds. The van der Waals surface area contributed by atoms with Crippen molar-refractivity contribution in [1.29, 1.82) is 0 Å². The number of hydrogen-bond acceptors (Lipinski definition) is 3. The molecular formula is C17H23N3O. The number of ether oxygens (including phenoxy) is 1. The van der Waals surface area contributed by atoms with Crippen LogP contribution in [0.3, 0.4) is 0 Å². The van der Waals surface area contributed by atoms with Crippen molar-refractivity contribution in [3.8, 4) is 5.75 Å². The molecule has 112 valence electrons. The number of nitrogens with two attached hydrogens (primary N) is 1. The molecule has 2 N–H and O–H groups in total. The van der Waals surface area contributed by atoms with E-state index >= 15 is 0 Å². The van der Waals surface area contributed by atoms with Crippen LogP contribution in [0.5, 0.6) is 5.75 Å². The highest BCUT2D eigenvalue weighted by molar-refractivity contribution is 5.40. The summed E-state index contributed by atoms with van der Waals surface area (Å²) in [7, 11) is 0. The number of fused-ring (bicyclic) bond motifs is 1. The van der Waals surface area contributed by atoms with Gasteiger partial charge in [0.05, 0.1) is 11.4 Å². The zero-order valence-electron chi connectivity index (χ0n) is 12.8. The van der Waals surface area contributed by atoms with E-state index in [1.54, 1.807) is 0 Å². The van der Waals surface area contributed by atoms with Crippen molar-refractivity contribution in [2.45, 2.75) is 52.3 Å². The Bertz CT molecular complexity index is 633. The van der Waals surface area contributed by atoms with Crippen LogP contribution in [0.1, 0.15) is 48.8 Å². The Morgan fingerprint density at radius 1 is 1.33 bits per heavy atom. The Kier molecular flexibility index (Phi) is 3.97. The second kappa shape index (κ2) is 5.90. The molecule has 4 heteroatoms. The molecule has 1 aromatic heterocycles. The minimum absolute atomic E-state index is 0.197. The molecular weight excluding hydrogens is 262 g/mol. The molecule has 0 aliphatic heterocycles. The van der Waals surface area contributed by atoms with Gasteiger partial charge in [-0.1, -0.05) is 13.0 Å². The van der Waals surface area contributed by atoms with Gasteiger partial charge in [0, 0.05) is 12.6 Å². The van der Waals surface area contributed by atoms with E-state index in [1.165, 1.54) is 11.1 Å². The van der Waals surface area contributed by atoms with Gasteiger partial charge in [-0.05, 0) is 55.5 Å². The molecule has 0 unspecified atom stereocenters. The third-order valence-electron chi connectivity index (χ3n) is 4.20. The highest BCUT2D eigenvalue weighted by Gasteiger charge is 2.19. The number of aromatic nitrogens is 2. The van der Waals surface area contributed by atoms with Crippen LogP contribution >= 0.6 is 0 Å². The van der Waals surface area contributed by atoms with E-state index in [1.807, 2.05) is 10.7 Å². The topological polar surface area (TPSA) is 53.1 Å². The van der Waals surface area contributed by atoms with Crippen molar-refractivity contribution in [2.24, 2.45) is 5.73 Å². The first-order chi connectivity index (χ1) is 10.2. The van der Waals surface area contributed by atoms with Gasteiger partial charge in [0.1, 0.15) is 12.4 Å². The molecule has 1 aliphatic carbocycles. The number of hydrogen-bond donors (Lipinski definition) is 1. The molecule has 4 nitrogen and oxygen atoms in total. The Hall–Kier alpha value is -1.81. The van der Waals surface area contributed by atoms with E-state index in [0.29, 0.717) is 6.61 Å². The molecule has 1 atom stereocenters. The summed E-state index contributed by atoms with van der Waals surface area (Å²) < 4.78 is 7.97. The number of nitrogens with zero attached hydrogens (tertiary/aromatic N) is 2. The second-order valence-corrected chi connectivity index (χ2v) is 5.59. The number of aryl methyl sites for hydroxylation is 3. The predicted molar refractivity (Wildman–Crippen MR) is 83.3 cm³/mol. The molecule has 0 fully saturated rings. The normalized spacial score (nSPS) is 17.0. The third-order valence-corrected chi connectivity index (χ3v) is 4.20. The minimum Gasteiger partial charge on any atom is -0.487 e. The van der Waals surface area contributed by atoms with Crippen LogP contribution in [0.2, 0.25) is 0 Å². The zero-order valence-corrected chi connectivity index (χ0v) is 12.8. The summed E-state index contributed by atoms with van der Waals surface area (Å²) >= 11 is 0. The lowest BCUT2D eigenvalue weighted by molar-refractivity contribution is 0.292. The summed E-state index contributed by atoms with van der Waals surface area (Å²) in [6, 6.07) is 8.60. The zero-order chi connectivity index (χ0) is 14.8. The third kappa shape index (κ3) is 2.81. The van der Waals surface area contributed by atoms with Crippen molar-refractivity contribution in [3.05, 3.63) is 46.8 Å². The summed E-state index contributed by atoms with van der Waals surface area (Å²) in [5.74, 6) is 0.921. The predicted octanol–water partition coefficient (Wildman–Crippen LogP) is 2.99. The van der Waals surface area contributed by atoms with E-state index in [0.717, 1.165) is 42.9 Å². The molecule has 0 saturated heterocycles. The molecule has 1 heterocycles. The first-order valence-corrected chi connectivity index (χ1v) is 7.78. The van der Waals surface area contributed by atoms with E-state index in [2.05, 4.69) is 37.1 Å². The van der Waals surface area contributed by atoms with Crippen LogP contribution in [0.15, 0.2) is 24.3 Å². The molecule has 1 aromatic carbocycles. The maximum atomic E-state index is 6.06. The van der Waals surface area contributed by atoms with Gasteiger partial charge in [-0.25, -0.2) is 0 Å². The monoisotopic (exact) mass is 285 g/mol. The van der Waals surface area contributed by atoms with Gasteiger partial charge < -0.3 is 10.5 Å². The van der Waals surface area contributed by atoms with Gasteiger partial charge in [-0.2, -0.15) is 5.10 Å². The highest BCUT2D eigenvalue weighted by atomic mass is 16.5. The standard InChI is InChI=1S/C17H23N3O/c1-3-13-10-14(20(4-2)19-13)11-21-15-6-7-16-12(9-15)5-8-17(16)18/h6-7,9-10,17H,3-5,8,11,18H2,1-2H3/t17-/m1/s1. The Morgan fingerprint density at radius 2 is 2.19 bits per heavy atom. The number of benzene rings is 1. The van der Waals surface area contributed by atoms with Gasteiger partial charge in [0.25, 0.3) is 0 Å². The fourth-order valence-corrected chi connectivity index (χ4v) is 2.95. The van der Waals surface area contributed by atoms with E-state index in [4.69, 9.17) is 10.5 Å². The largest absolute Gasteiger partial charge is 0.487 e. The SMILES string of the molecule is CCc1cc(COc2ccc3c(c2)CC[C@H]3N)n(CC)n1. The van der Waals surface area contributed by atoms with Gasteiger partial charge in [-0.15, -0.1) is 0 Å². The molecule has 2 aromatic rings. The lowest BCUT2D eigenvalue weighted by Crippen LogP contribution is -2.07. The smallest absolute Gasteiger partial charge is 0.130 e. The molecule has 0 spiro atoms. The summed E-state index contributed by atoms with van der Waals surface area (Å²) in [4.78, 5) is 0. The Balaban J connectivity index is 1.72. The van der Waals surface area contributed by atoms with Crippen molar-refractivity contribution >= 4 is 0 Å². The molecule has 1 aliphatic rings. The summed E-state index contributed by atoms with van der Waals surface area (Å²) in [5.41, 5.74) is 10.9. The van der Waals surface area contributed by atoms with Gasteiger partial charge in [-0.3, -0.25) is 4.68 Å². The second-order valence-electron chi connectivity index (χ2n) is 5.59. The Labute approximate surface area is 125 Å². The maximum Gasteiger partial charge on any atom is 0.130 e. The van der Waals surface area contributed by atoms with E-state index in [9.17, 15) is 0 Å². The van der Waals surface area contributed by atoms with Gasteiger partial charge in [0.15, 0.2) is 0 Å². The summed E-state index contributed by atoms with van der Waals surface area (Å²) in [6.45, 7) is 5.66. The molecule has 0 radical (unpaired) electrons. The average molecular weight is 285 g/mol. The van der Waals surface area contributed by atoms with Crippen molar-refractivity contribution in [1.82, 2.24) is 9.78 Å². The van der Waals surface area contributed by atoms with Crippen LogP contribution in [0, 0.1) is 0 Å². The van der Waals surface area contributed by atoms with Crippen LogP contribution < -0.4 is 10.5 Å². The Morgan fingerprint density at radius 3 is 2.95 bits per heavy atom. The van der Waals surface area contributed by atoms with Gasteiger partial charge in [0.2, 0.25) is 0 Å². The van der Waals surface area contributed by atoms with Gasteiger partial charge >= 0.3 is 0 Å². The maximum absolute atomic E-state index is 6.06. The lowest BCUT2D eigenvalue weighted by atomic mass is 10.1. The summed E-state index contributed by atoms with van der Waals surface area (Å²) in [6.07, 6.45) is 3.05. The molecule has 3 rings (SSSR count). The van der Waals surface area contributed by atoms with Crippen LogP contribution in [-0.4, -0.2) is 9.78 Å². The lowest BCUT2D eigenvalue weighted by Gasteiger charge is -2.10. The fraction of sp³-hybridized carbons (Fsp3) is 0.471. The summed E-state index contributed by atoms with van der Waals surface area (Å²) in [5, 5.41) is 4.55. The highest BCUT2D eigenvalue weighted by Crippen LogP contribution is 2.32. The van der Waals surface area contributed by atoms with Crippen molar-refractivity contribution in [3.63, 3.8) is 0 Å². The first-order valence-electron chi connectivity index (χ1n) is 7.78. The van der Waals surface area contributed by atoms with Crippen molar-refractivity contribution < 1.29 is 4.74 Å². The minimum atomic E-state index is 0.197. The fourth-order valence-electron chi connectivity index (χ4n) is 2.95. The molecule has 0 bridgehead atoms. The van der Waals surface area contributed by atoms with Crippen LogP contribution in [0.25, 0.3) is 0 Å². The van der Waals surface area contributed by atoms with E-state index < -0.39 is 0 Å². The molecule has 0 saturated carbocycles. The van der Waals surface area contributed by atoms with E-state index in [-0.39, 0.29) is 6.04 Å². The van der Waals surface area contributed by atoms with Crippen LogP contribution in [0.4, 0.5) is 0 Å². The number of rotatable bonds is 5. The average Bonchev–Trinajstić information content (AvgIpc) is 3.08. The van der Waals surface area contributed by atoms with Crippen molar-refractivity contribution in [2.75, 3.05) is 0 Å². The van der Waals surface area contributed by atoms with Crippen LogP contribution in [-0.2, 0) is 26.0 Å². The quantitative estimate of drug-likeness (QED) is 0.919. The first kappa shape index (κ1) is 14.1. The molecule has 21 heavy (non-hydrogen) atoms.